The standard InChI is InChI=1S/C24H21Br/c1-17(2)14-15-24(18-8-4-3-5-9-18)22-11-7-6-10-20(22)21-13-12-19(25)16-23(21)24/h3-14,16H,15H2,1-2H3. The highest BCUT2D eigenvalue weighted by atomic mass is 79.9. The molecular formula is C24H21Br. The fraction of sp³-hybridized carbons (Fsp3) is 0.167. The van der Waals surface area contributed by atoms with E-state index in [1.54, 1.807) is 0 Å². The van der Waals surface area contributed by atoms with E-state index < -0.39 is 0 Å². The molecule has 1 heteroatoms. The minimum absolute atomic E-state index is 0.131. The molecule has 25 heavy (non-hydrogen) atoms. The normalized spacial score (nSPS) is 17.7. The first-order chi connectivity index (χ1) is 12.1. The molecule has 0 radical (unpaired) electrons. The topological polar surface area (TPSA) is 0 Å². The summed E-state index contributed by atoms with van der Waals surface area (Å²) in [5, 5.41) is 0. The van der Waals surface area contributed by atoms with Crippen molar-refractivity contribution in [3.8, 4) is 11.1 Å². The van der Waals surface area contributed by atoms with Crippen molar-refractivity contribution < 1.29 is 0 Å². The number of halogens is 1. The zero-order chi connectivity index (χ0) is 17.4. The van der Waals surface area contributed by atoms with Crippen molar-refractivity contribution >= 4 is 15.9 Å². The number of hydrogen-bond donors (Lipinski definition) is 0. The fourth-order valence-electron chi connectivity index (χ4n) is 4.07. The van der Waals surface area contributed by atoms with E-state index >= 15 is 0 Å². The molecule has 1 aliphatic carbocycles. The summed E-state index contributed by atoms with van der Waals surface area (Å²) in [5.41, 5.74) is 8.10. The van der Waals surface area contributed by atoms with Gasteiger partial charge in [-0.05, 0) is 60.2 Å². The van der Waals surface area contributed by atoms with Gasteiger partial charge in [0.25, 0.3) is 0 Å². The van der Waals surface area contributed by atoms with Gasteiger partial charge in [-0.2, -0.15) is 0 Å². The van der Waals surface area contributed by atoms with E-state index in [4.69, 9.17) is 0 Å². The van der Waals surface area contributed by atoms with Gasteiger partial charge in [0.15, 0.2) is 0 Å². The van der Waals surface area contributed by atoms with Crippen molar-refractivity contribution in [1.29, 1.82) is 0 Å². The van der Waals surface area contributed by atoms with Crippen LogP contribution < -0.4 is 0 Å². The van der Waals surface area contributed by atoms with Crippen LogP contribution in [0, 0.1) is 0 Å². The molecule has 0 fully saturated rings. The number of hydrogen-bond acceptors (Lipinski definition) is 0. The zero-order valence-corrected chi connectivity index (χ0v) is 16.2. The summed E-state index contributed by atoms with van der Waals surface area (Å²) in [5.74, 6) is 0. The van der Waals surface area contributed by atoms with Crippen LogP contribution >= 0.6 is 15.9 Å². The van der Waals surface area contributed by atoms with E-state index in [0.29, 0.717) is 0 Å². The van der Waals surface area contributed by atoms with Crippen molar-refractivity contribution in [2.24, 2.45) is 0 Å². The maximum atomic E-state index is 3.70. The van der Waals surface area contributed by atoms with E-state index in [1.165, 1.54) is 33.4 Å². The Bertz CT molecular complexity index is 949. The minimum atomic E-state index is -0.131. The Hall–Kier alpha value is -2.12. The molecular weight excluding hydrogens is 368 g/mol. The maximum Gasteiger partial charge on any atom is 0.0498 e. The second-order valence-electron chi connectivity index (χ2n) is 6.99. The number of benzene rings is 3. The molecule has 1 unspecified atom stereocenters. The third-order valence-corrected chi connectivity index (χ3v) is 5.69. The molecule has 0 aromatic heterocycles. The van der Waals surface area contributed by atoms with Gasteiger partial charge in [0.05, 0.1) is 0 Å². The lowest BCUT2D eigenvalue weighted by Crippen LogP contribution is -2.26. The van der Waals surface area contributed by atoms with Crippen LogP contribution in [0.3, 0.4) is 0 Å². The summed E-state index contributed by atoms with van der Waals surface area (Å²) >= 11 is 3.70. The molecule has 0 heterocycles. The van der Waals surface area contributed by atoms with Gasteiger partial charge < -0.3 is 0 Å². The third-order valence-electron chi connectivity index (χ3n) is 5.20. The molecule has 0 amide bonds. The van der Waals surface area contributed by atoms with Gasteiger partial charge in [0.1, 0.15) is 0 Å². The maximum absolute atomic E-state index is 3.70. The molecule has 124 valence electrons. The van der Waals surface area contributed by atoms with Crippen LogP contribution in [-0.4, -0.2) is 0 Å². The first kappa shape index (κ1) is 16.4. The van der Waals surface area contributed by atoms with E-state index in [1.807, 2.05) is 0 Å². The molecule has 0 N–H and O–H groups in total. The van der Waals surface area contributed by atoms with Crippen LogP contribution in [0.4, 0.5) is 0 Å². The van der Waals surface area contributed by atoms with Gasteiger partial charge in [-0.15, -0.1) is 0 Å². The highest BCUT2D eigenvalue weighted by Gasteiger charge is 2.43. The molecule has 0 nitrogen and oxygen atoms in total. The Kier molecular flexibility index (Phi) is 4.13. The predicted molar refractivity (Wildman–Crippen MR) is 110 cm³/mol. The van der Waals surface area contributed by atoms with Crippen LogP contribution in [-0.2, 0) is 5.41 Å². The molecule has 0 saturated carbocycles. The van der Waals surface area contributed by atoms with Gasteiger partial charge >= 0.3 is 0 Å². The van der Waals surface area contributed by atoms with Gasteiger partial charge in [0, 0.05) is 9.89 Å². The molecule has 0 bridgehead atoms. The highest BCUT2D eigenvalue weighted by Crippen LogP contribution is 2.55. The summed E-state index contributed by atoms with van der Waals surface area (Å²) < 4.78 is 1.14. The zero-order valence-electron chi connectivity index (χ0n) is 14.6. The fourth-order valence-corrected chi connectivity index (χ4v) is 4.43. The van der Waals surface area contributed by atoms with Gasteiger partial charge in [-0.1, -0.05) is 88.2 Å². The smallest absolute Gasteiger partial charge is 0.0498 e. The van der Waals surface area contributed by atoms with Crippen LogP contribution in [0.5, 0.6) is 0 Å². The van der Waals surface area contributed by atoms with E-state index in [9.17, 15) is 0 Å². The largest absolute Gasteiger partial charge is 0.0843 e. The second kappa shape index (κ2) is 6.31. The number of allylic oxidation sites excluding steroid dienone is 2. The van der Waals surface area contributed by atoms with Crippen molar-refractivity contribution in [1.82, 2.24) is 0 Å². The lowest BCUT2D eigenvalue weighted by molar-refractivity contribution is 0.642. The van der Waals surface area contributed by atoms with Crippen molar-refractivity contribution in [2.45, 2.75) is 25.7 Å². The Labute approximate surface area is 158 Å². The van der Waals surface area contributed by atoms with Crippen molar-refractivity contribution in [3.63, 3.8) is 0 Å². The lowest BCUT2D eigenvalue weighted by Gasteiger charge is -2.32. The summed E-state index contributed by atoms with van der Waals surface area (Å²) in [4.78, 5) is 0. The Balaban J connectivity index is 2.10. The average Bonchev–Trinajstić information content (AvgIpc) is 2.91. The van der Waals surface area contributed by atoms with Gasteiger partial charge in [-0.25, -0.2) is 0 Å². The predicted octanol–water partition coefficient (Wildman–Crippen LogP) is 7.12. The van der Waals surface area contributed by atoms with Crippen molar-refractivity contribution in [2.75, 3.05) is 0 Å². The highest BCUT2D eigenvalue weighted by molar-refractivity contribution is 9.10. The van der Waals surface area contributed by atoms with Crippen LogP contribution in [0.15, 0.2) is 88.9 Å². The number of fused-ring (bicyclic) bond motifs is 3. The van der Waals surface area contributed by atoms with E-state index in [2.05, 4.69) is 109 Å². The van der Waals surface area contributed by atoms with Crippen LogP contribution in [0.25, 0.3) is 11.1 Å². The molecule has 1 aliphatic rings. The molecule has 0 spiro atoms. The summed E-state index contributed by atoms with van der Waals surface area (Å²) in [6.07, 6.45) is 3.35. The van der Waals surface area contributed by atoms with Crippen LogP contribution in [0.1, 0.15) is 37.0 Å². The molecule has 0 aliphatic heterocycles. The Morgan fingerprint density at radius 3 is 2.28 bits per heavy atom. The molecule has 3 aromatic rings. The summed E-state index contributed by atoms with van der Waals surface area (Å²) in [7, 11) is 0. The SMILES string of the molecule is CC(C)=CCC1(c2ccccc2)c2ccccc2-c2ccc(Br)cc21. The minimum Gasteiger partial charge on any atom is -0.0843 e. The molecule has 1 atom stereocenters. The number of rotatable bonds is 3. The molecule has 0 saturated heterocycles. The third kappa shape index (κ3) is 2.58. The van der Waals surface area contributed by atoms with E-state index in [0.717, 1.165) is 10.9 Å². The van der Waals surface area contributed by atoms with Gasteiger partial charge in [0.2, 0.25) is 0 Å². The summed E-state index contributed by atoms with van der Waals surface area (Å²) in [6, 6.07) is 26.5. The lowest BCUT2D eigenvalue weighted by atomic mass is 9.70. The van der Waals surface area contributed by atoms with E-state index in [-0.39, 0.29) is 5.41 Å². The molecule has 3 aromatic carbocycles. The van der Waals surface area contributed by atoms with Crippen molar-refractivity contribution in [3.05, 3.63) is 106 Å². The molecule has 4 rings (SSSR count). The monoisotopic (exact) mass is 388 g/mol. The Morgan fingerprint density at radius 1 is 0.840 bits per heavy atom. The first-order valence-corrected chi connectivity index (χ1v) is 9.51. The first-order valence-electron chi connectivity index (χ1n) is 8.72. The quantitative estimate of drug-likeness (QED) is 0.418. The second-order valence-corrected chi connectivity index (χ2v) is 7.91. The van der Waals surface area contributed by atoms with Crippen LogP contribution in [0.2, 0.25) is 0 Å². The Morgan fingerprint density at radius 2 is 1.52 bits per heavy atom. The summed E-state index contributed by atoms with van der Waals surface area (Å²) in [6.45, 7) is 4.36. The average molecular weight is 389 g/mol. The van der Waals surface area contributed by atoms with Gasteiger partial charge in [-0.3, -0.25) is 0 Å².